The van der Waals surface area contributed by atoms with Crippen molar-refractivity contribution < 1.29 is 13.9 Å². The minimum absolute atomic E-state index is 0.292. The molecule has 0 unspecified atom stereocenters. The molecule has 1 aromatic rings. The average molecular weight is 277 g/mol. The Hall–Kier alpha value is -0.910. The van der Waals surface area contributed by atoms with Gasteiger partial charge in [0.1, 0.15) is 0 Å². The predicted octanol–water partition coefficient (Wildman–Crippen LogP) is 2.36. The maximum atomic E-state index is 13.8. The van der Waals surface area contributed by atoms with Gasteiger partial charge in [0.2, 0.25) is 0 Å². The molecule has 0 saturated heterocycles. The van der Waals surface area contributed by atoms with E-state index in [1.165, 1.54) is 12.3 Å². The molecule has 0 aliphatic carbocycles. The van der Waals surface area contributed by atoms with E-state index in [9.17, 15) is 4.39 Å². The number of pyridine rings is 1. The van der Waals surface area contributed by atoms with Crippen molar-refractivity contribution in [3.63, 3.8) is 0 Å². The normalized spacial score (nSPS) is 10.7. The van der Waals surface area contributed by atoms with Crippen LogP contribution in [0.2, 0.25) is 5.02 Å². The number of anilines is 1. The standard InChI is InChI=1S/C12H18ClFN2O2/c1-17-6-3-4-16(5-7-18-2)12-11(14)8-10(13)9-15-12/h8-9H,3-7H2,1-2H3. The van der Waals surface area contributed by atoms with Crippen LogP contribution in [0.1, 0.15) is 6.42 Å². The molecule has 1 aromatic heterocycles. The van der Waals surface area contributed by atoms with Gasteiger partial charge in [-0.25, -0.2) is 9.37 Å². The van der Waals surface area contributed by atoms with Crippen molar-refractivity contribution in [2.45, 2.75) is 6.42 Å². The Kier molecular flexibility index (Phi) is 6.93. The summed E-state index contributed by atoms with van der Waals surface area (Å²) in [5.74, 6) is -0.122. The van der Waals surface area contributed by atoms with E-state index >= 15 is 0 Å². The molecule has 0 aromatic carbocycles. The highest BCUT2D eigenvalue weighted by molar-refractivity contribution is 6.30. The van der Waals surface area contributed by atoms with E-state index in [0.29, 0.717) is 37.1 Å². The van der Waals surface area contributed by atoms with Crippen LogP contribution in [0.4, 0.5) is 10.2 Å². The van der Waals surface area contributed by atoms with Crippen molar-refractivity contribution in [2.75, 3.05) is 45.4 Å². The number of halogens is 2. The van der Waals surface area contributed by atoms with Gasteiger partial charge in [-0.15, -0.1) is 0 Å². The fraction of sp³-hybridized carbons (Fsp3) is 0.583. The number of nitrogens with zero attached hydrogens (tertiary/aromatic N) is 2. The quantitative estimate of drug-likeness (QED) is 0.683. The molecule has 1 heterocycles. The van der Waals surface area contributed by atoms with Crippen molar-refractivity contribution in [3.8, 4) is 0 Å². The highest BCUT2D eigenvalue weighted by Gasteiger charge is 2.13. The molecule has 0 fully saturated rings. The zero-order valence-electron chi connectivity index (χ0n) is 10.7. The van der Waals surface area contributed by atoms with Gasteiger partial charge in [-0.05, 0) is 12.5 Å². The number of methoxy groups -OCH3 is 2. The van der Waals surface area contributed by atoms with Crippen LogP contribution in [-0.4, -0.2) is 45.5 Å². The minimum atomic E-state index is -0.420. The molecule has 1 rings (SSSR count). The molecular weight excluding hydrogens is 259 g/mol. The molecule has 0 bridgehead atoms. The van der Waals surface area contributed by atoms with Gasteiger partial charge in [0, 0.05) is 40.1 Å². The molecule has 102 valence electrons. The third kappa shape index (κ3) is 4.76. The third-order valence-electron chi connectivity index (χ3n) is 2.43. The van der Waals surface area contributed by atoms with E-state index in [-0.39, 0.29) is 0 Å². The number of aromatic nitrogens is 1. The maximum Gasteiger partial charge on any atom is 0.167 e. The van der Waals surface area contributed by atoms with Crippen molar-refractivity contribution in [1.82, 2.24) is 4.98 Å². The Morgan fingerprint density at radius 3 is 2.61 bits per heavy atom. The van der Waals surface area contributed by atoms with Gasteiger partial charge in [-0.2, -0.15) is 0 Å². The van der Waals surface area contributed by atoms with Crippen molar-refractivity contribution in [3.05, 3.63) is 23.1 Å². The van der Waals surface area contributed by atoms with Gasteiger partial charge in [0.15, 0.2) is 11.6 Å². The number of rotatable bonds is 8. The molecular formula is C12H18ClFN2O2. The summed E-state index contributed by atoms with van der Waals surface area (Å²) in [4.78, 5) is 5.86. The first-order chi connectivity index (χ1) is 8.69. The van der Waals surface area contributed by atoms with Gasteiger partial charge in [-0.1, -0.05) is 11.6 Å². The minimum Gasteiger partial charge on any atom is -0.385 e. The third-order valence-corrected chi connectivity index (χ3v) is 2.64. The molecule has 0 N–H and O–H groups in total. The summed E-state index contributed by atoms with van der Waals surface area (Å²) < 4.78 is 23.8. The molecule has 4 nitrogen and oxygen atoms in total. The Morgan fingerprint density at radius 2 is 2.00 bits per heavy atom. The Balaban J connectivity index is 2.73. The van der Waals surface area contributed by atoms with Gasteiger partial charge in [0.05, 0.1) is 11.6 Å². The van der Waals surface area contributed by atoms with Crippen molar-refractivity contribution in [2.24, 2.45) is 0 Å². The zero-order chi connectivity index (χ0) is 13.4. The van der Waals surface area contributed by atoms with Crippen LogP contribution in [0.15, 0.2) is 12.3 Å². The maximum absolute atomic E-state index is 13.8. The zero-order valence-corrected chi connectivity index (χ0v) is 11.4. The second kappa shape index (κ2) is 8.24. The van der Waals surface area contributed by atoms with Crippen LogP contribution >= 0.6 is 11.6 Å². The first kappa shape index (κ1) is 15.1. The SMILES string of the molecule is COCCCN(CCOC)c1ncc(Cl)cc1F. The van der Waals surface area contributed by atoms with Crippen LogP contribution < -0.4 is 4.90 Å². The smallest absolute Gasteiger partial charge is 0.167 e. The first-order valence-corrected chi connectivity index (χ1v) is 6.10. The molecule has 18 heavy (non-hydrogen) atoms. The molecule has 6 heteroatoms. The van der Waals surface area contributed by atoms with Crippen LogP contribution in [0.5, 0.6) is 0 Å². The fourth-order valence-corrected chi connectivity index (χ4v) is 1.71. The van der Waals surface area contributed by atoms with E-state index in [1.807, 2.05) is 4.90 Å². The summed E-state index contributed by atoms with van der Waals surface area (Å²) in [6.45, 7) is 2.37. The second-order valence-corrected chi connectivity index (χ2v) is 4.22. The van der Waals surface area contributed by atoms with Gasteiger partial charge >= 0.3 is 0 Å². The lowest BCUT2D eigenvalue weighted by molar-refractivity contribution is 0.190. The molecule has 0 spiro atoms. The van der Waals surface area contributed by atoms with E-state index in [4.69, 9.17) is 21.1 Å². The molecule has 0 atom stereocenters. The van der Waals surface area contributed by atoms with Crippen LogP contribution in [0, 0.1) is 5.82 Å². The second-order valence-electron chi connectivity index (χ2n) is 3.79. The highest BCUT2D eigenvalue weighted by atomic mass is 35.5. The Bertz CT molecular complexity index is 366. The van der Waals surface area contributed by atoms with Gasteiger partial charge in [-0.3, -0.25) is 0 Å². The monoisotopic (exact) mass is 276 g/mol. The number of ether oxygens (including phenoxy) is 2. The summed E-state index contributed by atoms with van der Waals surface area (Å²) >= 11 is 5.69. The van der Waals surface area contributed by atoms with E-state index < -0.39 is 5.82 Å². The average Bonchev–Trinajstić information content (AvgIpc) is 2.34. The summed E-state index contributed by atoms with van der Waals surface area (Å²) in [6.07, 6.45) is 2.24. The predicted molar refractivity (Wildman–Crippen MR) is 69.8 cm³/mol. The lowest BCUT2D eigenvalue weighted by Gasteiger charge is -2.23. The van der Waals surface area contributed by atoms with E-state index in [2.05, 4.69) is 4.98 Å². The Morgan fingerprint density at radius 1 is 1.28 bits per heavy atom. The van der Waals surface area contributed by atoms with Crippen LogP contribution in [0.3, 0.4) is 0 Å². The summed E-state index contributed by atoms with van der Waals surface area (Å²) in [7, 11) is 3.25. The highest BCUT2D eigenvalue weighted by Crippen LogP contribution is 2.19. The summed E-state index contributed by atoms with van der Waals surface area (Å²) in [5, 5.41) is 0.292. The lowest BCUT2D eigenvalue weighted by atomic mass is 10.3. The van der Waals surface area contributed by atoms with Crippen molar-refractivity contribution >= 4 is 17.4 Å². The molecule has 0 radical (unpaired) electrons. The van der Waals surface area contributed by atoms with Crippen LogP contribution in [0.25, 0.3) is 0 Å². The van der Waals surface area contributed by atoms with E-state index in [1.54, 1.807) is 14.2 Å². The van der Waals surface area contributed by atoms with E-state index in [0.717, 1.165) is 6.42 Å². The Labute approximate surface area is 112 Å². The topological polar surface area (TPSA) is 34.6 Å². The first-order valence-electron chi connectivity index (χ1n) is 5.73. The van der Waals surface area contributed by atoms with Crippen molar-refractivity contribution in [1.29, 1.82) is 0 Å². The lowest BCUT2D eigenvalue weighted by Crippen LogP contribution is -2.30. The van der Waals surface area contributed by atoms with Gasteiger partial charge < -0.3 is 14.4 Å². The number of hydrogen-bond acceptors (Lipinski definition) is 4. The molecule has 0 aliphatic heterocycles. The molecule has 0 amide bonds. The summed E-state index contributed by atoms with van der Waals surface area (Å²) in [5.41, 5.74) is 0. The number of hydrogen-bond donors (Lipinski definition) is 0. The summed E-state index contributed by atoms with van der Waals surface area (Å²) in [6, 6.07) is 1.26. The van der Waals surface area contributed by atoms with Crippen LogP contribution in [-0.2, 0) is 9.47 Å². The molecule has 0 aliphatic rings. The molecule has 0 saturated carbocycles. The largest absolute Gasteiger partial charge is 0.385 e. The fourth-order valence-electron chi connectivity index (χ4n) is 1.56. The van der Waals surface area contributed by atoms with Gasteiger partial charge in [0.25, 0.3) is 0 Å².